The first-order chi connectivity index (χ1) is 15.0. The van der Waals surface area contributed by atoms with Gasteiger partial charge in [-0.3, -0.25) is 4.79 Å². The lowest BCUT2D eigenvalue weighted by Crippen LogP contribution is -2.12. The second-order valence-corrected chi connectivity index (χ2v) is 7.41. The van der Waals surface area contributed by atoms with E-state index in [2.05, 4.69) is 10.3 Å². The van der Waals surface area contributed by atoms with Crippen LogP contribution in [0.5, 0.6) is 5.75 Å². The Morgan fingerprint density at radius 3 is 2.29 bits per heavy atom. The highest BCUT2D eigenvalue weighted by molar-refractivity contribution is 7.13. The third-order valence-electron chi connectivity index (χ3n) is 4.33. The quantitative estimate of drug-likeness (QED) is 0.397. The van der Waals surface area contributed by atoms with E-state index in [0.29, 0.717) is 16.4 Å². The number of nitrogens with zero attached hydrogens (tertiary/aromatic N) is 1. The fraction of sp³-hybridized carbons (Fsp3) is 0.0435. The Balaban J connectivity index is 1.43. The van der Waals surface area contributed by atoms with Crippen LogP contribution in [0.3, 0.4) is 0 Å². The smallest absolute Gasteiger partial charge is 0.275 e. The van der Waals surface area contributed by atoms with Gasteiger partial charge >= 0.3 is 0 Å². The topological polar surface area (TPSA) is 51.2 Å². The molecule has 4 rings (SSSR count). The van der Waals surface area contributed by atoms with Crippen LogP contribution in [0, 0.1) is 17.5 Å². The van der Waals surface area contributed by atoms with Crippen molar-refractivity contribution in [1.82, 2.24) is 4.98 Å². The Morgan fingerprint density at radius 2 is 1.61 bits per heavy atom. The van der Waals surface area contributed by atoms with E-state index < -0.39 is 17.5 Å². The fourth-order valence-corrected chi connectivity index (χ4v) is 3.56. The number of carbonyl (C=O) groups is 1. The number of hydrogen-bond acceptors (Lipinski definition) is 4. The van der Waals surface area contributed by atoms with E-state index >= 15 is 0 Å². The summed E-state index contributed by atoms with van der Waals surface area (Å²) < 4.78 is 46.1. The number of nitrogens with one attached hydrogen (secondary N) is 1. The van der Waals surface area contributed by atoms with E-state index in [1.165, 1.54) is 53.9 Å². The average molecular weight is 440 g/mol. The number of carbonyl (C=O) groups excluding carboxylic acids is 1. The summed E-state index contributed by atoms with van der Waals surface area (Å²) in [5, 5.41) is 4.47. The Morgan fingerprint density at radius 1 is 0.935 bits per heavy atom. The van der Waals surface area contributed by atoms with Gasteiger partial charge in [0.25, 0.3) is 5.91 Å². The average Bonchev–Trinajstić information content (AvgIpc) is 3.25. The van der Waals surface area contributed by atoms with Gasteiger partial charge in [-0.25, -0.2) is 18.2 Å². The monoisotopic (exact) mass is 440 g/mol. The molecule has 1 amide bonds. The molecule has 0 aliphatic carbocycles. The Bertz CT molecular complexity index is 1210. The van der Waals surface area contributed by atoms with Crippen LogP contribution in [0.15, 0.2) is 72.1 Å². The van der Waals surface area contributed by atoms with Crippen molar-refractivity contribution in [2.75, 3.05) is 5.32 Å². The van der Waals surface area contributed by atoms with Crippen LogP contribution in [0.1, 0.15) is 16.1 Å². The molecule has 3 aromatic carbocycles. The highest BCUT2D eigenvalue weighted by Crippen LogP contribution is 2.29. The van der Waals surface area contributed by atoms with Crippen molar-refractivity contribution < 1.29 is 22.7 Å². The zero-order chi connectivity index (χ0) is 21.8. The summed E-state index contributed by atoms with van der Waals surface area (Å²) >= 11 is 1.13. The summed E-state index contributed by atoms with van der Waals surface area (Å²) in [5.41, 5.74) is 1.54. The van der Waals surface area contributed by atoms with Gasteiger partial charge in [0.15, 0.2) is 0 Å². The summed E-state index contributed by atoms with van der Waals surface area (Å²) in [4.78, 5) is 16.5. The van der Waals surface area contributed by atoms with Crippen LogP contribution >= 0.6 is 11.3 Å². The van der Waals surface area contributed by atoms with Gasteiger partial charge in [-0.05, 0) is 54.1 Å². The Labute approximate surface area is 180 Å². The highest BCUT2D eigenvalue weighted by Gasteiger charge is 2.15. The zero-order valence-corrected chi connectivity index (χ0v) is 16.8. The van der Waals surface area contributed by atoms with Crippen molar-refractivity contribution in [3.63, 3.8) is 0 Å². The Kier molecular flexibility index (Phi) is 5.99. The summed E-state index contributed by atoms with van der Waals surface area (Å²) in [5.74, 6) is -1.45. The molecule has 1 aromatic heterocycles. The second-order valence-electron chi connectivity index (χ2n) is 6.56. The molecule has 0 aliphatic rings. The molecule has 4 aromatic rings. The molecule has 0 unspecified atom stereocenters. The molecule has 8 heteroatoms. The van der Waals surface area contributed by atoms with Gasteiger partial charge < -0.3 is 10.1 Å². The molecule has 0 fully saturated rings. The lowest BCUT2D eigenvalue weighted by Gasteiger charge is -2.08. The second kappa shape index (κ2) is 9.01. The number of amides is 1. The van der Waals surface area contributed by atoms with Crippen molar-refractivity contribution in [1.29, 1.82) is 0 Å². The molecule has 0 bridgehead atoms. The van der Waals surface area contributed by atoms with E-state index in [9.17, 15) is 18.0 Å². The largest absolute Gasteiger partial charge is 0.489 e. The molecule has 4 nitrogen and oxygen atoms in total. The number of benzene rings is 3. The van der Waals surface area contributed by atoms with Gasteiger partial charge in [-0.15, -0.1) is 11.3 Å². The minimum Gasteiger partial charge on any atom is -0.489 e. The maximum Gasteiger partial charge on any atom is 0.275 e. The minimum atomic E-state index is -0.545. The van der Waals surface area contributed by atoms with Crippen LogP contribution in [0.25, 0.3) is 10.6 Å². The van der Waals surface area contributed by atoms with Crippen LogP contribution in [0.4, 0.5) is 18.9 Å². The van der Waals surface area contributed by atoms with Crippen molar-refractivity contribution in [2.24, 2.45) is 0 Å². The lowest BCUT2D eigenvalue weighted by molar-refractivity contribution is 0.102. The molecule has 156 valence electrons. The third-order valence-corrected chi connectivity index (χ3v) is 5.20. The molecule has 0 saturated heterocycles. The van der Waals surface area contributed by atoms with Crippen molar-refractivity contribution in [2.45, 2.75) is 6.61 Å². The van der Waals surface area contributed by atoms with E-state index in [4.69, 9.17) is 4.74 Å². The molecule has 0 radical (unpaired) electrons. The van der Waals surface area contributed by atoms with Gasteiger partial charge in [-0.2, -0.15) is 0 Å². The molecule has 0 atom stereocenters. The molecule has 31 heavy (non-hydrogen) atoms. The summed E-state index contributed by atoms with van der Waals surface area (Å²) in [6.45, 7) is 0.171. The van der Waals surface area contributed by atoms with Gasteiger partial charge in [0.05, 0.1) is 0 Å². The number of thiazole rings is 1. The zero-order valence-electron chi connectivity index (χ0n) is 15.9. The molecule has 0 spiro atoms. The lowest BCUT2D eigenvalue weighted by atomic mass is 10.2. The van der Waals surface area contributed by atoms with E-state index in [1.54, 1.807) is 18.2 Å². The van der Waals surface area contributed by atoms with Crippen molar-refractivity contribution in [3.05, 3.63) is 101 Å². The number of rotatable bonds is 6. The molecule has 0 saturated carbocycles. The summed E-state index contributed by atoms with van der Waals surface area (Å²) in [6, 6.07) is 15.5. The van der Waals surface area contributed by atoms with Crippen molar-refractivity contribution >= 4 is 22.9 Å². The van der Waals surface area contributed by atoms with E-state index in [0.717, 1.165) is 16.9 Å². The first kappa shape index (κ1) is 20.6. The van der Waals surface area contributed by atoms with Gasteiger partial charge in [0.1, 0.15) is 40.5 Å². The normalized spacial score (nSPS) is 10.7. The molecule has 1 heterocycles. The first-order valence-corrected chi connectivity index (χ1v) is 10.1. The molecule has 1 N–H and O–H groups in total. The van der Waals surface area contributed by atoms with Crippen LogP contribution in [0.2, 0.25) is 0 Å². The fourth-order valence-electron chi connectivity index (χ4n) is 2.74. The SMILES string of the molecule is O=C(Nc1ccc(F)cc1)c1csc(-c2ccc(OCc3ccc(F)cc3)cc2F)n1. The number of anilines is 1. The van der Waals surface area contributed by atoms with Crippen LogP contribution in [-0.4, -0.2) is 10.9 Å². The summed E-state index contributed by atoms with van der Waals surface area (Å²) in [7, 11) is 0. The van der Waals surface area contributed by atoms with Crippen molar-refractivity contribution in [3.8, 4) is 16.3 Å². The standard InChI is InChI=1S/C23H15F3N2O2S/c24-15-3-1-14(2-4-15)12-30-18-9-10-19(20(26)11-18)23-28-21(13-31-23)22(29)27-17-7-5-16(25)6-8-17/h1-11,13H,12H2,(H,27,29). The van der Waals surface area contributed by atoms with E-state index in [-0.39, 0.29) is 23.7 Å². The van der Waals surface area contributed by atoms with E-state index in [1.807, 2.05) is 0 Å². The predicted octanol–water partition coefficient (Wildman–Crippen LogP) is 6.06. The minimum absolute atomic E-state index is 0.125. The predicted molar refractivity (Wildman–Crippen MR) is 113 cm³/mol. The van der Waals surface area contributed by atoms with Crippen LogP contribution < -0.4 is 10.1 Å². The van der Waals surface area contributed by atoms with Gasteiger partial charge in [0, 0.05) is 22.7 Å². The highest BCUT2D eigenvalue weighted by atomic mass is 32.1. The van der Waals surface area contributed by atoms with Gasteiger partial charge in [0.2, 0.25) is 0 Å². The maximum atomic E-state index is 14.6. The van der Waals surface area contributed by atoms with Crippen LogP contribution in [-0.2, 0) is 6.61 Å². The summed E-state index contributed by atoms with van der Waals surface area (Å²) in [6.07, 6.45) is 0. The molecular formula is C23H15F3N2O2S. The Hall–Kier alpha value is -3.65. The number of aromatic nitrogens is 1. The number of ether oxygens (including phenoxy) is 1. The number of hydrogen-bond donors (Lipinski definition) is 1. The maximum absolute atomic E-state index is 14.6. The number of halogens is 3. The van der Waals surface area contributed by atoms with Gasteiger partial charge in [-0.1, -0.05) is 12.1 Å². The molecule has 0 aliphatic heterocycles. The first-order valence-electron chi connectivity index (χ1n) is 9.17. The molecular weight excluding hydrogens is 425 g/mol. The third kappa shape index (κ3) is 5.10.